The first-order valence-corrected chi connectivity index (χ1v) is 8.67. The molecule has 10 heteroatoms. The number of esters is 1. The standard InChI is InChI=1S/C20H19F6NO3/c1-29-17-9-16(20(24,25)26)13(8-18(28)30-2)7-15(17)14-6-4-3-5-12(14)10-27-11-19(21,22)23/h3-7,9,27H,8,10-11H2,1-2H3. The van der Waals surface area contributed by atoms with E-state index in [2.05, 4.69) is 10.1 Å². The maximum Gasteiger partial charge on any atom is 0.416 e. The van der Waals surface area contributed by atoms with Crippen molar-refractivity contribution in [2.75, 3.05) is 20.8 Å². The Morgan fingerprint density at radius 3 is 2.20 bits per heavy atom. The van der Waals surface area contributed by atoms with Crippen molar-refractivity contribution in [3.8, 4) is 16.9 Å². The second-order valence-corrected chi connectivity index (χ2v) is 6.34. The zero-order valence-electron chi connectivity index (χ0n) is 16.1. The largest absolute Gasteiger partial charge is 0.496 e. The van der Waals surface area contributed by atoms with Crippen LogP contribution in [-0.4, -0.2) is 32.9 Å². The number of benzene rings is 2. The molecule has 0 radical (unpaired) electrons. The Labute approximate surface area is 168 Å². The number of hydrogen-bond acceptors (Lipinski definition) is 4. The van der Waals surface area contributed by atoms with Crippen molar-refractivity contribution >= 4 is 5.97 Å². The second kappa shape index (κ2) is 9.38. The van der Waals surface area contributed by atoms with E-state index in [1.54, 1.807) is 24.3 Å². The second-order valence-electron chi connectivity index (χ2n) is 6.34. The number of methoxy groups -OCH3 is 2. The average molecular weight is 435 g/mol. The monoisotopic (exact) mass is 435 g/mol. The summed E-state index contributed by atoms with van der Waals surface area (Å²) in [5.41, 5.74) is -0.370. The fourth-order valence-corrected chi connectivity index (χ4v) is 2.92. The maximum absolute atomic E-state index is 13.5. The summed E-state index contributed by atoms with van der Waals surface area (Å²) >= 11 is 0. The molecule has 4 nitrogen and oxygen atoms in total. The van der Waals surface area contributed by atoms with E-state index in [1.807, 2.05) is 0 Å². The minimum absolute atomic E-state index is 0.126. The molecule has 0 aliphatic rings. The summed E-state index contributed by atoms with van der Waals surface area (Å²) < 4.78 is 87.4. The first-order chi connectivity index (χ1) is 14.0. The molecule has 0 heterocycles. The van der Waals surface area contributed by atoms with Crippen LogP contribution < -0.4 is 10.1 Å². The zero-order valence-corrected chi connectivity index (χ0v) is 16.1. The molecule has 0 saturated heterocycles. The van der Waals surface area contributed by atoms with Gasteiger partial charge in [-0.3, -0.25) is 4.79 Å². The van der Waals surface area contributed by atoms with Crippen LogP contribution in [0.1, 0.15) is 16.7 Å². The van der Waals surface area contributed by atoms with Gasteiger partial charge < -0.3 is 14.8 Å². The van der Waals surface area contributed by atoms with E-state index in [0.717, 1.165) is 19.2 Å². The smallest absolute Gasteiger partial charge is 0.416 e. The molecular formula is C20H19F6NO3. The first-order valence-electron chi connectivity index (χ1n) is 8.67. The molecule has 30 heavy (non-hydrogen) atoms. The number of ether oxygens (including phenoxy) is 2. The highest BCUT2D eigenvalue weighted by Crippen LogP contribution is 2.41. The number of carbonyl (C=O) groups is 1. The van der Waals surface area contributed by atoms with Crippen LogP contribution in [0.3, 0.4) is 0 Å². The lowest BCUT2D eigenvalue weighted by molar-refractivity contribution is -0.141. The van der Waals surface area contributed by atoms with Gasteiger partial charge in [0.2, 0.25) is 0 Å². The number of rotatable bonds is 7. The maximum atomic E-state index is 13.5. The Hall–Kier alpha value is -2.75. The van der Waals surface area contributed by atoms with Crippen molar-refractivity contribution < 1.29 is 40.6 Å². The van der Waals surface area contributed by atoms with Crippen LogP contribution >= 0.6 is 0 Å². The molecule has 0 unspecified atom stereocenters. The van der Waals surface area contributed by atoms with E-state index in [4.69, 9.17) is 4.74 Å². The van der Waals surface area contributed by atoms with Crippen LogP contribution in [0.25, 0.3) is 11.1 Å². The van der Waals surface area contributed by atoms with Gasteiger partial charge in [-0.2, -0.15) is 26.3 Å². The molecule has 164 valence electrons. The highest BCUT2D eigenvalue weighted by molar-refractivity contribution is 5.78. The van der Waals surface area contributed by atoms with Gasteiger partial charge in [-0.25, -0.2) is 0 Å². The quantitative estimate of drug-likeness (QED) is 0.504. The number of alkyl halides is 6. The van der Waals surface area contributed by atoms with Gasteiger partial charge in [0.15, 0.2) is 0 Å². The molecule has 0 aliphatic carbocycles. The lowest BCUT2D eigenvalue weighted by Gasteiger charge is -2.19. The highest BCUT2D eigenvalue weighted by Gasteiger charge is 2.35. The Bertz CT molecular complexity index is 893. The molecule has 2 aromatic carbocycles. The molecule has 0 aliphatic heterocycles. The van der Waals surface area contributed by atoms with Crippen molar-refractivity contribution in [3.05, 3.63) is 53.1 Å². The minimum atomic E-state index is -4.75. The summed E-state index contributed by atoms with van der Waals surface area (Å²) in [4.78, 5) is 11.6. The third kappa shape index (κ3) is 6.12. The van der Waals surface area contributed by atoms with Gasteiger partial charge >= 0.3 is 18.3 Å². The Morgan fingerprint density at radius 1 is 0.967 bits per heavy atom. The number of hydrogen-bond donors (Lipinski definition) is 1. The van der Waals surface area contributed by atoms with E-state index in [0.29, 0.717) is 11.1 Å². The Balaban J connectivity index is 2.56. The molecular weight excluding hydrogens is 416 g/mol. The zero-order chi connectivity index (χ0) is 22.5. The van der Waals surface area contributed by atoms with Crippen LogP contribution in [-0.2, 0) is 28.7 Å². The minimum Gasteiger partial charge on any atom is -0.496 e. The van der Waals surface area contributed by atoms with E-state index >= 15 is 0 Å². The highest BCUT2D eigenvalue weighted by atomic mass is 19.4. The van der Waals surface area contributed by atoms with Gasteiger partial charge in [0.05, 0.1) is 32.7 Å². The first kappa shape index (κ1) is 23.5. The van der Waals surface area contributed by atoms with Crippen LogP contribution in [0, 0.1) is 0 Å². The average Bonchev–Trinajstić information content (AvgIpc) is 2.66. The fraction of sp³-hybridized carbons (Fsp3) is 0.350. The molecule has 0 fully saturated rings. The third-order valence-corrected chi connectivity index (χ3v) is 4.24. The molecule has 1 N–H and O–H groups in total. The van der Waals surface area contributed by atoms with Crippen molar-refractivity contribution in [1.29, 1.82) is 0 Å². The summed E-state index contributed by atoms with van der Waals surface area (Å²) in [5.74, 6) is -0.990. The number of nitrogens with one attached hydrogen (secondary N) is 1. The predicted molar refractivity (Wildman–Crippen MR) is 96.9 cm³/mol. The lowest BCUT2D eigenvalue weighted by atomic mass is 9.93. The number of halogens is 6. The van der Waals surface area contributed by atoms with Gasteiger partial charge in [0.25, 0.3) is 0 Å². The van der Waals surface area contributed by atoms with E-state index in [9.17, 15) is 31.1 Å². The van der Waals surface area contributed by atoms with Crippen molar-refractivity contribution in [2.45, 2.75) is 25.3 Å². The number of carbonyl (C=O) groups excluding carboxylic acids is 1. The lowest BCUT2D eigenvalue weighted by Crippen LogP contribution is -2.28. The van der Waals surface area contributed by atoms with Crippen LogP contribution in [0.4, 0.5) is 26.3 Å². The summed E-state index contributed by atoms with van der Waals surface area (Å²) in [6.45, 7) is -1.40. The summed E-state index contributed by atoms with van der Waals surface area (Å²) in [6.07, 6.45) is -9.78. The van der Waals surface area contributed by atoms with Gasteiger partial charge in [0, 0.05) is 12.1 Å². The van der Waals surface area contributed by atoms with Crippen LogP contribution in [0.2, 0.25) is 0 Å². The van der Waals surface area contributed by atoms with Crippen molar-refractivity contribution in [2.24, 2.45) is 0 Å². The van der Waals surface area contributed by atoms with Gasteiger partial charge in [-0.1, -0.05) is 24.3 Å². The van der Waals surface area contributed by atoms with E-state index in [1.165, 1.54) is 7.11 Å². The van der Waals surface area contributed by atoms with Gasteiger partial charge in [-0.15, -0.1) is 0 Å². The van der Waals surface area contributed by atoms with E-state index < -0.39 is 36.9 Å². The summed E-state index contributed by atoms with van der Waals surface area (Å²) in [6, 6.07) is 8.22. The molecule has 0 bridgehead atoms. The molecule has 2 rings (SSSR count). The van der Waals surface area contributed by atoms with Crippen LogP contribution in [0.5, 0.6) is 5.75 Å². The predicted octanol–water partition coefficient (Wildman–Crippen LogP) is 4.75. The van der Waals surface area contributed by atoms with E-state index in [-0.39, 0.29) is 23.4 Å². The SMILES string of the molecule is COC(=O)Cc1cc(-c2ccccc2CNCC(F)(F)F)c(OC)cc1C(F)(F)F. The topological polar surface area (TPSA) is 47.6 Å². The third-order valence-electron chi connectivity index (χ3n) is 4.24. The fourth-order valence-electron chi connectivity index (χ4n) is 2.92. The molecule has 0 aromatic heterocycles. The normalized spacial score (nSPS) is 12.0. The molecule has 0 spiro atoms. The van der Waals surface area contributed by atoms with Crippen molar-refractivity contribution in [1.82, 2.24) is 5.32 Å². The molecule has 0 amide bonds. The van der Waals surface area contributed by atoms with Gasteiger partial charge in [0.1, 0.15) is 5.75 Å². The summed E-state index contributed by atoms with van der Waals surface area (Å²) in [7, 11) is 2.24. The Kier molecular flexibility index (Phi) is 7.35. The van der Waals surface area contributed by atoms with Gasteiger partial charge in [-0.05, 0) is 28.8 Å². The summed E-state index contributed by atoms with van der Waals surface area (Å²) in [5, 5.41) is 2.26. The Morgan fingerprint density at radius 2 is 1.63 bits per heavy atom. The molecule has 0 atom stereocenters. The van der Waals surface area contributed by atoms with Crippen LogP contribution in [0.15, 0.2) is 36.4 Å². The molecule has 2 aromatic rings. The van der Waals surface area contributed by atoms with Crippen molar-refractivity contribution in [3.63, 3.8) is 0 Å². The molecule has 0 saturated carbocycles.